The highest BCUT2D eigenvalue weighted by Crippen LogP contribution is 2.17. The molecule has 0 fully saturated rings. The third-order valence-corrected chi connectivity index (χ3v) is 3.53. The highest BCUT2D eigenvalue weighted by Gasteiger charge is 2.12. The molecule has 2 rings (SSSR count). The molecule has 0 radical (unpaired) electrons. The SMILES string of the molecule is Cl.NS(=O)(=O)c1ccccc1Cc1ccccc1. The third-order valence-electron chi connectivity index (χ3n) is 2.52. The summed E-state index contributed by atoms with van der Waals surface area (Å²) in [5.74, 6) is 0. The van der Waals surface area contributed by atoms with E-state index in [1.807, 2.05) is 36.4 Å². The van der Waals surface area contributed by atoms with Crippen molar-refractivity contribution < 1.29 is 8.42 Å². The Kier molecular flexibility index (Phi) is 4.90. The summed E-state index contributed by atoms with van der Waals surface area (Å²) in [6.45, 7) is 0. The quantitative estimate of drug-likeness (QED) is 0.940. The molecule has 0 saturated carbocycles. The summed E-state index contributed by atoms with van der Waals surface area (Å²) < 4.78 is 22.8. The van der Waals surface area contributed by atoms with Crippen LogP contribution in [0.1, 0.15) is 11.1 Å². The molecule has 0 atom stereocenters. The van der Waals surface area contributed by atoms with E-state index in [2.05, 4.69) is 0 Å². The molecule has 0 aliphatic rings. The standard InChI is InChI=1S/C13H13NO2S.ClH/c14-17(15,16)13-9-5-4-8-12(13)10-11-6-2-1-3-7-11;/h1-9H,10H2,(H2,14,15,16);1H. The van der Waals surface area contributed by atoms with Crippen LogP contribution in [0.2, 0.25) is 0 Å². The minimum Gasteiger partial charge on any atom is -0.225 e. The number of hydrogen-bond acceptors (Lipinski definition) is 2. The molecule has 2 N–H and O–H groups in total. The number of benzene rings is 2. The summed E-state index contributed by atoms with van der Waals surface area (Å²) in [5, 5.41) is 5.18. The summed E-state index contributed by atoms with van der Waals surface area (Å²) in [4.78, 5) is 0.198. The molecular weight excluding hydrogens is 270 g/mol. The fraction of sp³-hybridized carbons (Fsp3) is 0.0769. The van der Waals surface area contributed by atoms with Crippen molar-refractivity contribution in [2.24, 2.45) is 5.14 Å². The number of halogens is 1. The molecule has 0 aromatic heterocycles. The van der Waals surface area contributed by atoms with Gasteiger partial charge in [0.25, 0.3) is 0 Å². The monoisotopic (exact) mass is 283 g/mol. The van der Waals surface area contributed by atoms with E-state index in [-0.39, 0.29) is 17.3 Å². The van der Waals surface area contributed by atoms with E-state index in [1.165, 1.54) is 6.07 Å². The number of primary sulfonamides is 1. The van der Waals surface area contributed by atoms with E-state index in [4.69, 9.17) is 5.14 Å². The first-order valence-electron chi connectivity index (χ1n) is 5.22. The largest absolute Gasteiger partial charge is 0.238 e. The van der Waals surface area contributed by atoms with E-state index in [9.17, 15) is 8.42 Å². The highest BCUT2D eigenvalue weighted by molar-refractivity contribution is 7.89. The fourth-order valence-corrected chi connectivity index (χ4v) is 2.52. The Morgan fingerprint density at radius 3 is 2.06 bits per heavy atom. The van der Waals surface area contributed by atoms with Crippen molar-refractivity contribution in [1.82, 2.24) is 0 Å². The van der Waals surface area contributed by atoms with Gasteiger partial charge in [0, 0.05) is 0 Å². The zero-order valence-corrected chi connectivity index (χ0v) is 11.2. The lowest BCUT2D eigenvalue weighted by molar-refractivity contribution is 0.597. The topological polar surface area (TPSA) is 60.2 Å². The predicted octanol–water partition coefficient (Wildman–Crippen LogP) is 2.35. The van der Waals surface area contributed by atoms with Crippen LogP contribution in [-0.4, -0.2) is 8.42 Å². The molecule has 0 amide bonds. The minimum absolute atomic E-state index is 0. The average Bonchev–Trinajstić information content (AvgIpc) is 2.30. The van der Waals surface area contributed by atoms with Gasteiger partial charge in [0.1, 0.15) is 0 Å². The Labute approximate surface area is 113 Å². The summed E-state index contributed by atoms with van der Waals surface area (Å²) in [6.07, 6.45) is 0.563. The van der Waals surface area contributed by atoms with Gasteiger partial charge < -0.3 is 0 Å². The zero-order valence-electron chi connectivity index (χ0n) is 9.61. The molecular formula is C13H14ClNO2S. The van der Waals surface area contributed by atoms with Crippen molar-refractivity contribution in [2.75, 3.05) is 0 Å². The van der Waals surface area contributed by atoms with Crippen molar-refractivity contribution in [1.29, 1.82) is 0 Å². The average molecular weight is 284 g/mol. The minimum atomic E-state index is -3.65. The highest BCUT2D eigenvalue weighted by atomic mass is 35.5. The molecule has 0 bridgehead atoms. The molecule has 5 heteroatoms. The molecule has 96 valence electrons. The Bertz CT molecular complexity index is 612. The Morgan fingerprint density at radius 1 is 0.889 bits per heavy atom. The van der Waals surface area contributed by atoms with Crippen LogP contribution in [0.15, 0.2) is 59.5 Å². The van der Waals surface area contributed by atoms with Crippen molar-refractivity contribution in [3.63, 3.8) is 0 Å². The second-order valence-electron chi connectivity index (χ2n) is 3.82. The van der Waals surface area contributed by atoms with Crippen molar-refractivity contribution in [2.45, 2.75) is 11.3 Å². The smallest absolute Gasteiger partial charge is 0.225 e. The van der Waals surface area contributed by atoms with Gasteiger partial charge in [-0.05, 0) is 23.6 Å². The molecule has 2 aromatic rings. The number of sulfonamides is 1. The van der Waals surface area contributed by atoms with E-state index in [1.54, 1.807) is 12.1 Å². The van der Waals surface area contributed by atoms with Crippen LogP contribution in [0.5, 0.6) is 0 Å². The van der Waals surface area contributed by atoms with Crippen LogP contribution >= 0.6 is 12.4 Å². The third kappa shape index (κ3) is 3.57. The van der Waals surface area contributed by atoms with Crippen LogP contribution in [0.25, 0.3) is 0 Å². The van der Waals surface area contributed by atoms with Gasteiger partial charge >= 0.3 is 0 Å². The lowest BCUT2D eigenvalue weighted by Gasteiger charge is -2.07. The van der Waals surface area contributed by atoms with Gasteiger partial charge in [-0.1, -0.05) is 48.5 Å². The summed E-state index contributed by atoms with van der Waals surface area (Å²) in [7, 11) is -3.65. The summed E-state index contributed by atoms with van der Waals surface area (Å²) in [5.41, 5.74) is 1.78. The first kappa shape index (κ1) is 14.7. The van der Waals surface area contributed by atoms with Gasteiger partial charge in [-0.15, -0.1) is 12.4 Å². The maximum absolute atomic E-state index is 11.4. The van der Waals surface area contributed by atoms with Gasteiger partial charge in [-0.25, -0.2) is 13.6 Å². The molecule has 0 aliphatic carbocycles. The van der Waals surface area contributed by atoms with Gasteiger partial charge in [-0.3, -0.25) is 0 Å². The van der Waals surface area contributed by atoms with E-state index in [0.29, 0.717) is 6.42 Å². The lowest BCUT2D eigenvalue weighted by atomic mass is 10.1. The Morgan fingerprint density at radius 2 is 1.44 bits per heavy atom. The van der Waals surface area contributed by atoms with Crippen molar-refractivity contribution >= 4 is 22.4 Å². The van der Waals surface area contributed by atoms with Gasteiger partial charge in [0.2, 0.25) is 10.0 Å². The number of rotatable bonds is 3. The molecule has 0 aliphatic heterocycles. The Balaban J connectivity index is 0.00000162. The molecule has 0 unspecified atom stereocenters. The van der Waals surface area contributed by atoms with Crippen LogP contribution in [-0.2, 0) is 16.4 Å². The van der Waals surface area contributed by atoms with E-state index in [0.717, 1.165) is 11.1 Å². The van der Waals surface area contributed by atoms with Gasteiger partial charge in [-0.2, -0.15) is 0 Å². The zero-order chi connectivity index (χ0) is 12.3. The molecule has 3 nitrogen and oxygen atoms in total. The van der Waals surface area contributed by atoms with E-state index < -0.39 is 10.0 Å². The normalized spacial score (nSPS) is 10.7. The van der Waals surface area contributed by atoms with Crippen LogP contribution in [0, 0.1) is 0 Å². The van der Waals surface area contributed by atoms with Crippen LogP contribution < -0.4 is 5.14 Å². The van der Waals surface area contributed by atoms with Crippen LogP contribution in [0.3, 0.4) is 0 Å². The van der Waals surface area contributed by atoms with E-state index >= 15 is 0 Å². The van der Waals surface area contributed by atoms with Gasteiger partial charge in [0.05, 0.1) is 4.90 Å². The lowest BCUT2D eigenvalue weighted by Crippen LogP contribution is -2.14. The number of nitrogens with two attached hydrogens (primary N) is 1. The first-order chi connectivity index (χ1) is 8.07. The molecule has 18 heavy (non-hydrogen) atoms. The van der Waals surface area contributed by atoms with Crippen molar-refractivity contribution in [3.8, 4) is 0 Å². The summed E-state index contributed by atoms with van der Waals surface area (Å²) >= 11 is 0. The predicted molar refractivity (Wildman–Crippen MR) is 74.3 cm³/mol. The maximum Gasteiger partial charge on any atom is 0.238 e. The fourth-order valence-electron chi connectivity index (χ4n) is 1.74. The van der Waals surface area contributed by atoms with Crippen molar-refractivity contribution in [3.05, 3.63) is 65.7 Å². The molecule has 0 heterocycles. The summed E-state index contributed by atoms with van der Waals surface area (Å²) in [6, 6.07) is 16.5. The van der Waals surface area contributed by atoms with Crippen LogP contribution in [0.4, 0.5) is 0 Å². The molecule has 2 aromatic carbocycles. The molecule has 0 saturated heterocycles. The first-order valence-corrected chi connectivity index (χ1v) is 6.76. The Hall–Kier alpha value is -1.36. The van der Waals surface area contributed by atoms with Gasteiger partial charge in [0.15, 0.2) is 0 Å². The number of hydrogen-bond donors (Lipinski definition) is 1. The second kappa shape index (κ2) is 6.00. The molecule has 0 spiro atoms. The maximum atomic E-state index is 11.4. The second-order valence-corrected chi connectivity index (χ2v) is 5.34.